The van der Waals surface area contributed by atoms with E-state index in [4.69, 9.17) is 0 Å². The fourth-order valence-electron chi connectivity index (χ4n) is 3.78. The third-order valence-corrected chi connectivity index (χ3v) is 7.30. The summed E-state index contributed by atoms with van der Waals surface area (Å²) in [5.74, 6) is -1.89. The molecule has 2 aliphatic heterocycles. The van der Waals surface area contributed by atoms with Gasteiger partial charge in [-0.1, -0.05) is 12.1 Å². The monoisotopic (exact) mass is 404 g/mol. The molecule has 148 valence electrons. The van der Waals surface area contributed by atoms with Gasteiger partial charge in [0.05, 0.1) is 10.5 Å². The molecule has 28 heavy (non-hydrogen) atoms. The Morgan fingerprint density at radius 2 is 1.82 bits per heavy atom. The summed E-state index contributed by atoms with van der Waals surface area (Å²) in [5, 5.41) is 9.49. The van der Waals surface area contributed by atoms with Gasteiger partial charge in [-0.15, -0.1) is 0 Å². The number of rotatable bonds is 5. The highest BCUT2D eigenvalue weighted by molar-refractivity contribution is 7.89. The molecule has 2 aromatic carbocycles. The zero-order valence-corrected chi connectivity index (χ0v) is 16.0. The summed E-state index contributed by atoms with van der Waals surface area (Å²) in [7, 11) is -3.93. The van der Waals surface area contributed by atoms with E-state index in [1.807, 2.05) is 12.1 Å². The van der Waals surface area contributed by atoms with Gasteiger partial charge < -0.3 is 10.0 Å². The lowest BCUT2D eigenvalue weighted by Gasteiger charge is -2.38. The van der Waals surface area contributed by atoms with Crippen molar-refractivity contribution in [3.8, 4) is 5.75 Å². The van der Waals surface area contributed by atoms with Gasteiger partial charge in [-0.3, -0.25) is 4.79 Å². The van der Waals surface area contributed by atoms with Crippen LogP contribution in [0.15, 0.2) is 41.3 Å². The van der Waals surface area contributed by atoms with Gasteiger partial charge in [-0.2, -0.15) is 4.31 Å². The van der Waals surface area contributed by atoms with E-state index in [1.54, 1.807) is 0 Å². The Morgan fingerprint density at radius 3 is 2.50 bits per heavy atom. The van der Waals surface area contributed by atoms with E-state index in [9.17, 15) is 22.7 Å². The van der Waals surface area contributed by atoms with E-state index >= 15 is 0 Å². The van der Waals surface area contributed by atoms with Crippen molar-refractivity contribution in [1.82, 2.24) is 4.31 Å². The molecule has 0 radical (unpaired) electrons. The van der Waals surface area contributed by atoms with Crippen molar-refractivity contribution < 1.29 is 22.7 Å². The number of phenolic OH excluding ortho intramolecular Hbond substituents is 1. The summed E-state index contributed by atoms with van der Waals surface area (Å²) in [6.45, 7) is 2.68. The Bertz CT molecular complexity index is 1010. The van der Waals surface area contributed by atoms with Crippen LogP contribution in [0.3, 0.4) is 0 Å². The van der Waals surface area contributed by atoms with Gasteiger partial charge in [0, 0.05) is 37.8 Å². The molecular weight excluding hydrogens is 383 g/mol. The minimum atomic E-state index is -3.93. The van der Waals surface area contributed by atoms with Crippen molar-refractivity contribution >= 4 is 22.0 Å². The number of carbonyl (C=O) groups is 1. The fourth-order valence-corrected chi connectivity index (χ4v) is 5.36. The van der Waals surface area contributed by atoms with Gasteiger partial charge in [0.15, 0.2) is 17.9 Å². The van der Waals surface area contributed by atoms with Crippen molar-refractivity contribution in [2.45, 2.75) is 23.7 Å². The highest BCUT2D eigenvalue weighted by atomic mass is 32.2. The normalized spacial score (nSPS) is 18.2. The molecule has 0 aliphatic carbocycles. The van der Waals surface area contributed by atoms with E-state index in [0.717, 1.165) is 36.5 Å². The Balaban J connectivity index is 1.51. The second-order valence-electron chi connectivity index (χ2n) is 7.27. The number of hydrogen-bond acceptors (Lipinski definition) is 5. The summed E-state index contributed by atoms with van der Waals surface area (Å²) < 4.78 is 40.5. The van der Waals surface area contributed by atoms with Crippen molar-refractivity contribution in [2.24, 2.45) is 0 Å². The first-order valence-electron chi connectivity index (χ1n) is 9.23. The number of benzene rings is 2. The number of carbonyl (C=O) groups excluding carboxylic acids is 1. The number of halogens is 1. The van der Waals surface area contributed by atoms with E-state index in [2.05, 4.69) is 17.0 Å². The lowest BCUT2D eigenvalue weighted by Crippen LogP contribution is -2.48. The highest BCUT2D eigenvalue weighted by Crippen LogP contribution is 2.35. The Morgan fingerprint density at radius 1 is 1.11 bits per heavy atom. The SMILES string of the molecule is O=Cc1cc(S(=O)(=O)N2CC(c3cccc(N4CCCC4)c3)C2)cc(F)c1O. The molecule has 6 nitrogen and oxygen atoms in total. The summed E-state index contributed by atoms with van der Waals surface area (Å²) in [5.41, 5.74) is 1.86. The van der Waals surface area contributed by atoms with Crippen molar-refractivity contribution in [2.75, 3.05) is 31.1 Å². The molecule has 0 bridgehead atoms. The first-order valence-corrected chi connectivity index (χ1v) is 10.7. The maximum absolute atomic E-state index is 13.8. The van der Waals surface area contributed by atoms with Crippen LogP contribution in [0.2, 0.25) is 0 Å². The van der Waals surface area contributed by atoms with E-state index in [1.165, 1.54) is 17.1 Å². The molecule has 0 amide bonds. The van der Waals surface area contributed by atoms with E-state index < -0.39 is 21.6 Å². The summed E-state index contributed by atoms with van der Waals surface area (Å²) in [4.78, 5) is 13.0. The topological polar surface area (TPSA) is 77.9 Å². The third kappa shape index (κ3) is 3.27. The van der Waals surface area contributed by atoms with Gasteiger partial charge in [-0.25, -0.2) is 12.8 Å². The van der Waals surface area contributed by atoms with Crippen LogP contribution in [0.4, 0.5) is 10.1 Å². The number of anilines is 1. The van der Waals surface area contributed by atoms with Crippen LogP contribution in [-0.2, 0) is 10.0 Å². The molecule has 8 heteroatoms. The van der Waals surface area contributed by atoms with Crippen LogP contribution in [-0.4, -0.2) is 50.3 Å². The fraction of sp³-hybridized carbons (Fsp3) is 0.350. The average Bonchev–Trinajstić information content (AvgIpc) is 3.17. The molecule has 2 fully saturated rings. The van der Waals surface area contributed by atoms with Crippen LogP contribution < -0.4 is 4.90 Å². The molecule has 0 spiro atoms. The minimum Gasteiger partial charge on any atom is -0.504 e. The molecule has 2 aliphatic rings. The number of phenols is 1. The van der Waals surface area contributed by atoms with E-state index in [-0.39, 0.29) is 22.7 Å². The van der Waals surface area contributed by atoms with E-state index in [0.29, 0.717) is 13.1 Å². The molecule has 1 N–H and O–H groups in total. The van der Waals surface area contributed by atoms with Crippen molar-refractivity contribution in [3.05, 3.63) is 53.3 Å². The molecular formula is C20H21FN2O4S. The van der Waals surface area contributed by atoms with Gasteiger partial charge in [0.2, 0.25) is 10.0 Å². The molecule has 0 unspecified atom stereocenters. The third-order valence-electron chi connectivity index (χ3n) is 5.49. The largest absolute Gasteiger partial charge is 0.504 e. The smallest absolute Gasteiger partial charge is 0.243 e. The second-order valence-corrected chi connectivity index (χ2v) is 9.21. The van der Waals surface area contributed by atoms with Crippen LogP contribution in [0.5, 0.6) is 5.75 Å². The van der Waals surface area contributed by atoms with Gasteiger partial charge in [0.1, 0.15) is 0 Å². The van der Waals surface area contributed by atoms with Crippen LogP contribution in [0, 0.1) is 5.82 Å². The van der Waals surface area contributed by atoms with Gasteiger partial charge in [-0.05, 0) is 42.7 Å². The lowest BCUT2D eigenvalue weighted by molar-refractivity contribution is 0.112. The quantitative estimate of drug-likeness (QED) is 0.776. The van der Waals surface area contributed by atoms with Gasteiger partial charge in [0.25, 0.3) is 0 Å². The number of hydrogen-bond donors (Lipinski definition) is 1. The number of sulfonamides is 1. The second kappa shape index (κ2) is 7.18. The highest BCUT2D eigenvalue weighted by Gasteiger charge is 2.38. The van der Waals surface area contributed by atoms with Crippen LogP contribution in [0.25, 0.3) is 0 Å². The average molecular weight is 404 g/mol. The predicted molar refractivity (Wildman–Crippen MR) is 103 cm³/mol. The minimum absolute atomic E-state index is 0.0739. The number of aldehydes is 1. The lowest BCUT2D eigenvalue weighted by atomic mass is 9.93. The summed E-state index contributed by atoms with van der Waals surface area (Å²) >= 11 is 0. The van der Waals surface area contributed by atoms with Crippen molar-refractivity contribution in [1.29, 1.82) is 0 Å². The van der Waals surface area contributed by atoms with Crippen molar-refractivity contribution in [3.63, 3.8) is 0 Å². The molecule has 0 saturated carbocycles. The molecule has 2 aromatic rings. The van der Waals surface area contributed by atoms with Crippen LogP contribution in [0.1, 0.15) is 34.7 Å². The molecule has 4 rings (SSSR count). The zero-order chi connectivity index (χ0) is 19.9. The summed E-state index contributed by atoms with van der Waals surface area (Å²) in [6, 6.07) is 9.93. The predicted octanol–water partition coefficient (Wildman–Crippen LogP) is 2.73. The number of aromatic hydroxyl groups is 1. The molecule has 0 aromatic heterocycles. The van der Waals surface area contributed by atoms with Gasteiger partial charge >= 0.3 is 0 Å². The maximum atomic E-state index is 13.8. The molecule has 2 heterocycles. The first-order chi connectivity index (χ1) is 13.4. The Kier molecular flexibility index (Phi) is 4.84. The zero-order valence-electron chi connectivity index (χ0n) is 15.2. The summed E-state index contributed by atoms with van der Waals surface area (Å²) in [6.07, 6.45) is 2.61. The Labute approximate surface area is 163 Å². The number of nitrogens with zero attached hydrogens (tertiary/aromatic N) is 2. The maximum Gasteiger partial charge on any atom is 0.243 e. The first kappa shape index (κ1) is 18.9. The molecule has 2 saturated heterocycles. The Hall–Kier alpha value is -2.45. The van der Waals surface area contributed by atoms with Crippen LogP contribution >= 0.6 is 0 Å². The molecule has 0 atom stereocenters. The standard InChI is InChI=1S/C20H21FN2O4S/c21-19-10-18(9-15(13-24)20(19)25)28(26,27)23-11-16(12-23)14-4-3-5-17(8-14)22-6-1-2-7-22/h3-5,8-10,13,16,25H,1-2,6-7,11-12H2.